The van der Waals surface area contributed by atoms with Crippen LogP contribution in [0.3, 0.4) is 0 Å². The van der Waals surface area contributed by atoms with E-state index in [4.69, 9.17) is 4.98 Å². The van der Waals surface area contributed by atoms with E-state index >= 15 is 0 Å². The number of fused-ring (bicyclic) bond motifs is 1. The summed E-state index contributed by atoms with van der Waals surface area (Å²) < 4.78 is 2.59. The maximum atomic E-state index is 12.5. The van der Waals surface area contributed by atoms with Crippen molar-refractivity contribution in [2.24, 2.45) is 5.92 Å². The first-order valence-electron chi connectivity index (χ1n) is 7.48. The Labute approximate surface area is 133 Å². The van der Waals surface area contributed by atoms with Crippen molar-refractivity contribution in [2.75, 3.05) is 25.9 Å². The predicted octanol–water partition coefficient (Wildman–Crippen LogP) is 2.91. The minimum atomic E-state index is 0.112. The molecule has 0 spiro atoms. The van der Waals surface area contributed by atoms with Crippen LogP contribution in [0.5, 0.6) is 0 Å². The minimum absolute atomic E-state index is 0.112. The zero-order chi connectivity index (χ0) is 14.8. The molecule has 1 saturated heterocycles. The van der Waals surface area contributed by atoms with Crippen LogP contribution in [-0.4, -0.2) is 40.3 Å². The monoisotopic (exact) mass is 323 g/mol. The zero-order valence-corrected chi connectivity index (χ0v) is 14.2. The first-order valence-corrected chi connectivity index (χ1v) is 9.35. The topological polar surface area (TPSA) is 38.1 Å². The Balaban J connectivity index is 1.81. The molecule has 2 aromatic heterocycles. The van der Waals surface area contributed by atoms with Gasteiger partial charge in [0.2, 0.25) is 0 Å². The summed E-state index contributed by atoms with van der Waals surface area (Å²) >= 11 is 3.23. The fraction of sp³-hybridized carbons (Fsp3) is 0.600. The Hall–Kier alpha value is -0.850. The van der Waals surface area contributed by atoms with E-state index in [2.05, 4.69) is 11.9 Å². The molecule has 0 N–H and O–H groups in total. The molecule has 6 heteroatoms. The Bertz CT molecular complexity index is 679. The third-order valence-electron chi connectivity index (χ3n) is 4.02. The highest BCUT2D eigenvalue weighted by atomic mass is 32.2. The van der Waals surface area contributed by atoms with Gasteiger partial charge in [-0.25, -0.2) is 4.98 Å². The highest BCUT2D eigenvalue weighted by Gasteiger charge is 2.19. The van der Waals surface area contributed by atoms with Gasteiger partial charge in [0.05, 0.1) is 5.52 Å². The van der Waals surface area contributed by atoms with Crippen LogP contribution >= 0.6 is 23.1 Å². The summed E-state index contributed by atoms with van der Waals surface area (Å²) in [6.07, 6.45) is 2.56. The van der Waals surface area contributed by atoms with Crippen LogP contribution in [0.15, 0.2) is 21.4 Å². The molecule has 2 aromatic rings. The molecule has 0 saturated carbocycles. The van der Waals surface area contributed by atoms with Crippen molar-refractivity contribution in [1.29, 1.82) is 0 Å². The molecule has 4 nitrogen and oxygen atoms in total. The van der Waals surface area contributed by atoms with Crippen LogP contribution in [0.2, 0.25) is 0 Å². The van der Waals surface area contributed by atoms with Crippen molar-refractivity contribution in [3.05, 3.63) is 21.8 Å². The first kappa shape index (κ1) is 15.1. The van der Waals surface area contributed by atoms with Crippen LogP contribution in [0.25, 0.3) is 10.2 Å². The maximum absolute atomic E-state index is 12.5. The molecule has 0 aliphatic carbocycles. The standard InChI is InChI=1S/C15H21N3OS2/c1-3-18-14(19)13-12(6-8-20-13)16-15(18)21-10-11-5-4-7-17(2)9-11/h6,8,11H,3-5,7,9-10H2,1-2H3/t11-/m0/s1. The van der Waals surface area contributed by atoms with Gasteiger partial charge >= 0.3 is 0 Å². The van der Waals surface area contributed by atoms with Gasteiger partial charge in [-0.15, -0.1) is 11.3 Å². The van der Waals surface area contributed by atoms with Gasteiger partial charge in [-0.05, 0) is 50.7 Å². The lowest BCUT2D eigenvalue weighted by molar-refractivity contribution is 0.224. The van der Waals surface area contributed by atoms with Crippen molar-refractivity contribution in [1.82, 2.24) is 14.5 Å². The summed E-state index contributed by atoms with van der Waals surface area (Å²) in [6.45, 7) is 5.07. The summed E-state index contributed by atoms with van der Waals surface area (Å²) in [6, 6.07) is 1.94. The largest absolute Gasteiger partial charge is 0.306 e. The number of rotatable bonds is 4. The van der Waals surface area contributed by atoms with Crippen molar-refractivity contribution in [3.63, 3.8) is 0 Å². The number of nitrogens with zero attached hydrogens (tertiary/aromatic N) is 3. The third kappa shape index (κ3) is 3.17. The SMILES string of the molecule is CCn1c(SC[C@H]2CCCN(C)C2)nc2ccsc2c1=O. The molecular formula is C15H21N3OS2. The lowest BCUT2D eigenvalue weighted by Crippen LogP contribution is -2.33. The van der Waals surface area contributed by atoms with Crippen LogP contribution in [0, 0.1) is 5.92 Å². The Morgan fingerprint density at radius 1 is 1.52 bits per heavy atom. The van der Waals surface area contributed by atoms with E-state index in [0.717, 1.165) is 27.7 Å². The highest BCUT2D eigenvalue weighted by molar-refractivity contribution is 7.99. The molecule has 3 heterocycles. The molecule has 1 atom stereocenters. The minimum Gasteiger partial charge on any atom is -0.306 e. The first-order chi connectivity index (χ1) is 10.2. The number of hydrogen-bond donors (Lipinski definition) is 0. The molecular weight excluding hydrogens is 302 g/mol. The highest BCUT2D eigenvalue weighted by Crippen LogP contribution is 2.25. The van der Waals surface area contributed by atoms with Gasteiger partial charge < -0.3 is 4.90 Å². The number of aromatic nitrogens is 2. The lowest BCUT2D eigenvalue weighted by atomic mass is 10.0. The number of piperidine rings is 1. The van der Waals surface area contributed by atoms with Crippen LogP contribution < -0.4 is 5.56 Å². The number of likely N-dealkylation sites (tertiary alicyclic amines) is 1. The lowest BCUT2D eigenvalue weighted by Gasteiger charge is -2.29. The Morgan fingerprint density at radius 2 is 2.38 bits per heavy atom. The maximum Gasteiger partial charge on any atom is 0.272 e. The van der Waals surface area contributed by atoms with E-state index in [9.17, 15) is 4.79 Å². The molecule has 114 valence electrons. The smallest absolute Gasteiger partial charge is 0.272 e. The van der Waals surface area contributed by atoms with Gasteiger partial charge in [0, 0.05) is 18.8 Å². The molecule has 1 aliphatic rings. The molecule has 3 rings (SSSR count). The van der Waals surface area contributed by atoms with Crippen LogP contribution in [0.4, 0.5) is 0 Å². The van der Waals surface area contributed by atoms with Gasteiger partial charge in [0.15, 0.2) is 5.16 Å². The van der Waals surface area contributed by atoms with E-state index in [1.165, 1.54) is 30.7 Å². The van der Waals surface area contributed by atoms with Gasteiger partial charge in [-0.2, -0.15) is 0 Å². The van der Waals surface area contributed by atoms with Crippen molar-refractivity contribution in [3.8, 4) is 0 Å². The van der Waals surface area contributed by atoms with E-state index in [-0.39, 0.29) is 5.56 Å². The van der Waals surface area contributed by atoms with E-state index in [0.29, 0.717) is 12.5 Å². The van der Waals surface area contributed by atoms with Gasteiger partial charge in [0.1, 0.15) is 4.70 Å². The zero-order valence-electron chi connectivity index (χ0n) is 12.5. The normalized spacial score (nSPS) is 20.2. The average Bonchev–Trinajstić information content (AvgIpc) is 2.94. The van der Waals surface area contributed by atoms with E-state index in [1.54, 1.807) is 11.8 Å². The molecule has 0 unspecified atom stereocenters. The quantitative estimate of drug-likeness (QED) is 0.640. The second-order valence-corrected chi connectivity index (χ2v) is 7.56. The van der Waals surface area contributed by atoms with E-state index < -0.39 is 0 Å². The van der Waals surface area contributed by atoms with Crippen LogP contribution in [-0.2, 0) is 6.54 Å². The summed E-state index contributed by atoms with van der Waals surface area (Å²) in [5.74, 6) is 1.75. The summed E-state index contributed by atoms with van der Waals surface area (Å²) in [4.78, 5) is 19.5. The number of thioether (sulfide) groups is 1. The Morgan fingerprint density at radius 3 is 3.14 bits per heavy atom. The fourth-order valence-corrected chi connectivity index (χ4v) is 4.88. The molecule has 0 amide bonds. The molecule has 21 heavy (non-hydrogen) atoms. The summed E-state index contributed by atoms with van der Waals surface area (Å²) in [7, 11) is 2.19. The predicted molar refractivity (Wildman–Crippen MR) is 90.5 cm³/mol. The van der Waals surface area contributed by atoms with Gasteiger partial charge in [0.25, 0.3) is 5.56 Å². The van der Waals surface area contributed by atoms with Gasteiger partial charge in [-0.3, -0.25) is 9.36 Å². The van der Waals surface area contributed by atoms with E-state index in [1.807, 2.05) is 22.9 Å². The van der Waals surface area contributed by atoms with Gasteiger partial charge in [-0.1, -0.05) is 11.8 Å². The summed E-state index contributed by atoms with van der Waals surface area (Å²) in [5.41, 5.74) is 0.957. The third-order valence-corrected chi connectivity index (χ3v) is 6.12. The number of hydrogen-bond acceptors (Lipinski definition) is 5. The molecule has 1 fully saturated rings. The average molecular weight is 323 g/mol. The molecule has 1 aliphatic heterocycles. The van der Waals surface area contributed by atoms with Crippen molar-refractivity contribution in [2.45, 2.75) is 31.5 Å². The summed E-state index contributed by atoms with van der Waals surface area (Å²) in [5, 5.41) is 2.82. The number of thiophene rings is 1. The second-order valence-electron chi connectivity index (χ2n) is 5.66. The van der Waals surface area contributed by atoms with Crippen molar-refractivity contribution >= 4 is 33.3 Å². The second kappa shape index (κ2) is 6.50. The molecule has 0 radical (unpaired) electrons. The van der Waals surface area contributed by atoms with Crippen molar-refractivity contribution < 1.29 is 0 Å². The fourth-order valence-electron chi connectivity index (χ4n) is 2.91. The molecule has 0 aromatic carbocycles. The van der Waals surface area contributed by atoms with Crippen LogP contribution in [0.1, 0.15) is 19.8 Å². The Kier molecular flexibility index (Phi) is 4.66. The molecule has 0 bridgehead atoms.